The second-order valence-electron chi connectivity index (χ2n) is 4.81. The molecule has 1 atom stereocenters. The molecule has 2 rings (SSSR count). The van der Waals surface area contributed by atoms with E-state index in [0.29, 0.717) is 6.54 Å². The van der Waals surface area contributed by atoms with Gasteiger partial charge in [-0.2, -0.15) is 0 Å². The third kappa shape index (κ3) is 2.19. The summed E-state index contributed by atoms with van der Waals surface area (Å²) in [5.74, 6) is 0. The Kier molecular flexibility index (Phi) is 3.15. The molecule has 88 valence electrons. The highest BCUT2D eigenvalue weighted by Gasteiger charge is 2.32. The molecule has 1 unspecified atom stereocenters. The number of hydrogen-bond acceptors (Lipinski definition) is 2. The lowest BCUT2D eigenvalue weighted by Crippen LogP contribution is -2.56. The quantitative estimate of drug-likeness (QED) is 0.831. The van der Waals surface area contributed by atoms with Crippen LogP contribution in [0.2, 0.25) is 0 Å². The Labute approximate surface area is 96.2 Å². The monoisotopic (exact) mass is 222 g/mol. The number of aryl methyl sites for hydroxylation is 1. The highest BCUT2D eigenvalue weighted by atomic mass is 19.1. The molecule has 1 aliphatic rings. The third-order valence-corrected chi connectivity index (χ3v) is 3.33. The number of nitrogens with zero attached hydrogens (tertiary/aromatic N) is 1. The topological polar surface area (TPSA) is 29.3 Å². The summed E-state index contributed by atoms with van der Waals surface area (Å²) in [7, 11) is 0. The van der Waals surface area contributed by atoms with Crippen LogP contribution in [-0.2, 0) is 0 Å². The van der Waals surface area contributed by atoms with Gasteiger partial charge in [-0.15, -0.1) is 0 Å². The Hall–Kier alpha value is -1.09. The van der Waals surface area contributed by atoms with Gasteiger partial charge in [0.05, 0.1) is 5.54 Å². The van der Waals surface area contributed by atoms with Crippen LogP contribution >= 0.6 is 0 Å². The zero-order valence-electron chi connectivity index (χ0n) is 9.75. The van der Waals surface area contributed by atoms with Gasteiger partial charge in [-0.3, -0.25) is 0 Å². The van der Waals surface area contributed by atoms with Gasteiger partial charge in [0, 0.05) is 18.8 Å². The van der Waals surface area contributed by atoms with Crippen molar-refractivity contribution in [3.63, 3.8) is 0 Å². The van der Waals surface area contributed by atoms with Gasteiger partial charge in [-0.25, -0.2) is 4.39 Å². The van der Waals surface area contributed by atoms with Crippen LogP contribution in [0.15, 0.2) is 24.3 Å². The van der Waals surface area contributed by atoms with Crippen molar-refractivity contribution in [2.45, 2.75) is 25.3 Å². The van der Waals surface area contributed by atoms with E-state index in [1.807, 2.05) is 12.1 Å². The number of nitrogens with two attached hydrogens (primary N) is 1. The smallest absolute Gasteiger partial charge is 0.109 e. The highest BCUT2D eigenvalue weighted by molar-refractivity contribution is 5.53. The standard InChI is InChI=1S/C13H19FN2/c1-11-5-2-3-6-12(11)16-8-4-7-13(15,9-14)10-16/h2-3,5-6H,4,7-10,15H2,1H3. The van der Waals surface area contributed by atoms with Gasteiger partial charge in [0.15, 0.2) is 0 Å². The van der Waals surface area contributed by atoms with Gasteiger partial charge in [-0.1, -0.05) is 18.2 Å². The summed E-state index contributed by atoms with van der Waals surface area (Å²) < 4.78 is 12.9. The first kappa shape index (κ1) is 11.4. The molecule has 0 amide bonds. The minimum atomic E-state index is -0.652. The molecule has 0 saturated carbocycles. The second kappa shape index (κ2) is 4.42. The molecule has 1 saturated heterocycles. The zero-order valence-corrected chi connectivity index (χ0v) is 9.75. The lowest BCUT2D eigenvalue weighted by Gasteiger charge is -2.40. The van der Waals surface area contributed by atoms with E-state index >= 15 is 0 Å². The maximum Gasteiger partial charge on any atom is 0.109 e. The van der Waals surface area contributed by atoms with Gasteiger partial charge in [0.1, 0.15) is 6.67 Å². The minimum absolute atomic E-state index is 0.435. The number of benzene rings is 1. The largest absolute Gasteiger partial charge is 0.369 e. The molecular formula is C13H19FN2. The maximum atomic E-state index is 12.9. The normalized spacial score (nSPS) is 25.8. The Morgan fingerprint density at radius 3 is 2.88 bits per heavy atom. The van der Waals surface area contributed by atoms with Crippen molar-refractivity contribution < 1.29 is 4.39 Å². The minimum Gasteiger partial charge on any atom is -0.369 e. The van der Waals surface area contributed by atoms with Crippen molar-refractivity contribution in [1.29, 1.82) is 0 Å². The number of anilines is 1. The molecule has 0 aromatic heterocycles. The summed E-state index contributed by atoms with van der Waals surface area (Å²) in [6, 6.07) is 8.20. The van der Waals surface area contributed by atoms with Crippen LogP contribution in [0.3, 0.4) is 0 Å². The molecule has 0 spiro atoms. The average molecular weight is 222 g/mol. The van der Waals surface area contributed by atoms with E-state index in [1.165, 1.54) is 11.3 Å². The van der Waals surface area contributed by atoms with Gasteiger partial charge in [0.2, 0.25) is 0 Å². The Balaban J connectivity index is 2.19. The molecule has 3 heteroatoms. The van der Waals surface area contributed by atoms with Crippen LogP contribution < -0.4 is 10.6 Å². The fourth-order valence-electron chi connectivity index (χ4n) is 2.39. The highest BCUT2D eigenvalue weighted by Crippen LogP contribution is 2.27. The number of rotatable bonds is 2. The van der Waals surface area contributed by atoms with Gasteiger partial charge in [0.25, 0.3) is 0 Å². The Morgan fingerprint density at radius 1 is 1.44 bits per heavy atom. The molecule has 1 heterocycles. The lowest BCUT2D eigenvalue weighted by atomic mass is 9.91. The molecule has 16 heavy (non-hydrogen) atoms. The first-order valence-electron chi connectivity index (χ1n) is 5.80. The Bertz CT molecular complexity index is 367. The number of piperidine rings is 1. The SMILES string of the molecule is Cc1ccccc1N1CCCC(N)(CF)C1. The van der Waals surface area contributed by atoms with E-state index in [9.17, 15) is 4.39 Å². The molecule has 2 nitrogen and oxygen atoms in total. The number of hydrogen-bond donors (Lipinski definition) is 1. The average Bonchev–Trinajstić information content (AvgIpc) is 2.30. The summed E-state index contributed by atoms with van der Waals surface area (Å²) in [5, 5.41) is 0. The molecular weight excluding hydrogens is 203 g/mol. The van der Waals surface area contributed by atoms with Crippen molar-refractivity contribution in [1.82, 2.24) is 0 Å². The predicted molar refractivity (Wildman–Crippen MR) is 65.5 cm³/mol. The number of alkyl halides is 1. The van der Waals surface area contributed by atoms with Crippen LogP contribution in [0.25, 0.3) is 0 Å². The Morgan fingerprint density at radius 2 is 2.19 bits per heavy atom. The van der Waals surface area contributed by atoms with Crippen LogP contribution in [0.1, 0.15) is 18.4 Å². The van der Waals surface area contributed by atoms with E-state index in [1.54, 1.807) is 0 Å². The molecule has 0 radical (unpaired) electrons. The molecule has 2 N–H and O–H groups in total. The van der Waals surface area contributed by atoms with Crippen molar-refractivity contribution in [3.05, 3.63) is 29.8 Å². The van der Waals surface area contributed by atoms with Gasteiger partial charge in [-0.05, 0) is 31.4 Å². The van der Waals surface area contributed by atoms with Crippen molar-refractivity contribution >= 4 is 5.69 Å². The molecule has 1 fully saturated rings. The van der Waals surface area contributed by atoms with E-state index < -0.39 is 12.2 Å². The third-order valence-electron chi connectivity index (χ3n) is 3.33. The summed E-state index contributed by atoms with van der Waals surface area (Å²) in [6.45, 7) is 3.24. The number of halogens is 1. The molecule has 1 aliphatic heterocycles. The zero-order chi connectivity index (χ0) is 11.6. The molecule has 0 bridgehead atoms. The van der Waals surface area contributed by atoms with Crippen LogP contribution in [-0.4, -0.2) is 25.3 Å². The van der Waals surface area contributed by atoms with Crippen molar-refractivity contribution in [2.24, 2.45) is 5.73 Å². The maximum absolute atomic E-state index is 12.9. The van der Waals surface area contributed by atoms with Crippen LogP contribution in [0.5, 0.6) is 0 Å². The summed E-state index contributed by atoms with van der Waals surface area (Å²) in [4.78, 5) is 2.21. The lowest BCUT2D eigenvalue weighted by molar-refractivity contribution is 0.264. The van der Waals surface area contributed by atoms with Gasteiger partial charge < -0.3 is 10.6 Å². The second-order valence-corrected chi connectivity index (χ2v) is 4.81. The first-order chi connectivity index (χ1) is 7.64. The van der Waals surface area contributed by atoms with E-state index in [4.69, 9.17) is 5.73 Å². The fourth-order valence-corrected chi connectivity index (χ4v) is 2.39. The fraction of sp³-hybridized carbons (Fsp3) is 0.538. The van der Waals surface area contributed by atoms with Crippen molar-refractivity contribution in [2.75, 3.05) is 24.7 Å². The van der Waals surface area contributed by atoms with E-state index in [2.05, 4.69) is 24.0 Å². The number of para-hydroxylation sites is 1. The molecule has 1 aromatic carbocycles. The first-order valence-corrected chi connectivity index (χ1v) is 5.80. The molecule has 1 aromatic rings. The van der Waals surface area contributed by atoms with E-state index in [0.717, 1.165) is 19.4 Å². The summed E-state index contributed by atoms with van der Waals surface area (Å²) in [6.07, 6.45) is 1.75. The summed E-state index contributed by atoms with van der Waals surface area (Å²) in [5.41, 5.74) is 7.78. The van der Waals surface area contributed by atoms with Crippen LogP contribution in [0.4, 0.5) is 10.1 Å². The molecule has 0 aliphatic carbocycles. The van der Waals surface area contributed by atoms with Crippen molar-refractivity contribution in [3.8, 4) is 0 Å². The van der Waals surface area contributed by atoms with Gasteiger partial charge >= 0.3 is 0 Å². The predicted octanol–water partition coefficient (Wildman–Crippen LogP) is 2.26. The summed E-state index contributed by atoms with van der Waals surface area (Å²) >= 11 is 0. The van der Waals surface area contributed by atoms with Crippen LogP contribution in [0, 0.1) is 6.92 Å². The van der Waals surface area contributed by atoms with E-state index in [-0.39, 0.29) is 0 Å².